The highest BCUT2D eigenvalue weighted by atomic mass is 16.5. The van der Waals surface area contributed by atoms with Crippen LogP contribution in [-0.2, 0) is 0 Å². The van der Waals surface area contributed by atoms with Crippen LogP contribution in [0.2, 0.25) is 0 Å². The molecule has 1 aliphatic heterocycles. The molecule has 0 amide bonds. The molecule has 2 aliphatic rings. The molecular formula is C20H32N2O2. The third kappa shape index (κ3) is 5.47. The van der Waals surface area contributed by atoms with Crippen LogP contribution in [-0.4, -0.2) is 48.3 Å². The van der Waals surface area contributed by atoms with E-state index in [1.54, 1.807) is 0 Å². The Hall–Kier alpha value is -1.10. The van der Waals surface area contributed by atoms with Gasteiger partial charge in [0.1, 0.15) is 5.75 Å². The Morgan fingerprint density at radius 1 is 1.21 bits per heavy atom. The SMILES string of the molecule is CC(C)Oc1cccc(C(O)CNC2CCN(CC3CC3)CC2)c1. The van der Waals surface area contributed by atoms with Gasteiger partial charge in [0.25, 0.3) is 0 Å². The molecule has 1 aliphatic carbocycles. The molecule has 1 aromatic rings. The second kappa shape index (κ2) is 8.32. The number of rotatable bonds is 8. The fraction of sp³-hybridized carbons (Fsp3) is 0.700. The molecule has 4 heteroatoms. The van der Waals surface area contributed by atoms with Crippen molar-refractivity contribution in [2.45, 2.75) is 57.8 Å². The van der Waals surface area contributed by atoms with Gasteiger partial charge < -0.3 is 20.1 Å². The number of ether oxygens (including phenoxy) is 1. The second-order valence-corrected chi connectivity index (χ2v) is 7.68. The Morgan fingerprint density at radius 3 is 2.62 bits per heavy atom. The Morgan fingerprint density at radius 2 is 1.96 bits per heavy atom. The van der Waals surface area contributed by atoms with Crippen molar-refractivity contribution in [2.24, 2.45) is 5.92 Å². The number of likely N-dealkylation sites (tertiary alicyclic amines) is 1. The molecule has 134 valence electrons. The third-order valence-electron chi connectivity index (χ3n) is 5.02. The van der Waals surface area contributed by atoms with Crippen LogP contribution in [0.25, 0.3) is 0 Å². The maximum atomic E-state index is 10.5. The third-order valence-corrected chi connectivity index (χ3v) is 5.02. The summed E-state index contributed by atoms with van der Waals surface area (Å²) >= 11 is 0. The minimum Gasteiger partial charge on any atom is -0.491 e. The highest BCUT2D eigenvalue weighted by molar-refractivity contribution is 5.30. The van der Waals surface area contributed by atoms with E-state index in [1.807, 2.05) is 38.1 Å². The second-order valence-electron chi connectivity index (χ2n) is 7.68. The first-order chi connectivity index (χ1) is 11.6. The zero-order chi connectivity index (χ0) is 16.9. The summed E-state index contributed by atoms with van der Waals surface area (Å²) in [6, 6.07) is 8.35. The lowest BCUT2D eigenvalue weighted by atomic mass is 10.0. The molecule has 0 radical (unpaired) electrons. The highest BCUT2D eigenvalue weighted by Gasteiger charge is 2.27. The van der Waals surface area contributed by atoms with Crippen LogP contribution in [0.3, 0.4) is 0 Å². The van der Waals surface area contributed by atoms with Gasteiger partial charge in [0.05, 0.1) is 12.2 Å². The van der Waals surface area contributed by atoms with Gasteiger partial charge in [0.2, 0.25) is 0 Å². The topological polar surface area (TPSA) is 44.7 Å². The summed E-state index contributed by atoms with van der Waals surface area (Å²) in [7, 11) is 0. The van der Waals surface area contributed by atoms with Crippen molar-refractivity contribution < 1.29 is 9.84 Å². The van der Waals surface area contributed by atoms with Crippen LogP contribution in [0.5, 0.6) is 5.75 Å². The van der Waals surface area contributed by atoms with Crippen LogP contribution >= 0.6 is 0 Å². The van der Waals surface area contributed by atoms with E-state index in [0.717, 1.165) is 17.2 Å². The summed E-state index contributed by atoms with van der Waals surface area (Å²) in [5.74, 6) is 1.81. The fourth-order valence-corrected chi connectivity index (χ4v) is 3.45. The molecule has 4 nitrogen and oxygen atoms in total. The number of hydrogen-bond acceptors (Lipinski definition) is 4. The monoisotopic (exact) mass is 332 g/mol. The van der Waals surface area contributed by atoms with Crippen molar-refractivity contribution in [3.05, 3.63) is 29.8 Å². The van der Waals surface area contributed by atoms with Crippen molar-refractivity contribution in [1.29, 1.82) is 0 Å². The summed E-state index contributed by atoms with van der Waals surface area (Å²) in [4.78, 5) is 2.61. The van der Waals surface area contributed by atoms with Gasteiger partial charge in [-0.1, -0.05) is 12.1 Å². The van der Waals surface area contributed by atoms with Crippen LogP contribution < -0.4 is 10.1 Å². The number of aliphatic hydroxyl groups is 1. The molecule has 1 heterocycles. The fourth-order valence-electron chi connectivity index (χ4n) is 3.45. The van der Waals surface area contributed by atoms with E-state index in [0.29, 0.717) is 12.6 Å². The van der Waals surface area contributed by atoms with Crippen LogP contribution in [0.15, 0.2) is 24.3 Å². The number of aliphatic hydroxyl groups excluding tert-OH is 1. The van der Waals surface area contributed by atoms with Crippen molar-refractivity contribution in [2.75, 3.05) is 26.2 Å². The molecule has 1 saturated carbocycles. The van der Waals surface area contributed by atoms with Crippen molar-refractivity contribution in [1.82, 2.24) is 10.2 Å². The number of nitrogens with one attached hydrogen (secondary N) is 1. The van der Waals surface area contributed by atoms with E-state index in [1.165, 1.54) is 45.3 Å². The van der Waals surface area contributed by atoms with E-state index in [4.69, 9.17) is 4.74 Å². The molecule has 2 N–H and O–H groups in total. The van der Waals surface area contributed by atoms with Crippen molar-refractivity contribution in [3.8, 4) is 5.75 Å². The molecule has 1 atom stereocenters. The van der Waals surface area contributed by atoms with Gasteiger partial charge in [-0.15, -0.1) is 0 Å². The molecule has 0 spiro atoms. The van der Waals surface area contributed by atoms with E-state index in [-0.39, 0.29) is 6.10 Å². The average Bonchev–Trinajstić information content (AvgIpc) is 3.37. The Labute approximate surface area is 146 Å². The largest absolute Gasteiger partial charge is 0.491 e. The number of hydrogen-bond donors (Lipinski definition) is 2. The predicted octanol–water partition coefficient (Wildman–Crippen LogP) is 2.97. The summed E-state index contributed by atoms with van der Waals surface area (Å²) in [5, 5.41) is 14.0. The molecule has 1 unspecified atom stereocenters. The Kier molecular flexibility index (Phi) is 6.14. The molecular weight excluding hydrogens is 300 g/mol. The molecule has 1 saturated heterocycles. The molecule has 2 fully saturated rings. The minimum absolute atomic E-state index is 0.149. The van der Waals surface area contributed by atoms with Crippen molar-refractivity contribution >= 4 is 0 Å². The quantitative estimate of drug-likeness (QED) is 0.768. The van der Waals surface area contributed by atoms with Gasteiger partial charge >= 0.3 is 0 Å². The minimum atomic E-state index is -0.481. The molecule has 0 aromatic heterocycles. The molecule has 3 rings (SSSR count). The molecule has 1 aromatic carbocycles. The number of benzene rings is 1. The summed E-state index contributed by atoms with van der Waals surface area (Å²) < 4.78 is 5.71. The normalized spacial score (nSPS) is 21.2. The molecule has 24 heavy (non-hydrogen) atoms. The smallest absolute Gasteiger partial charge is 0.120 e. The van der Waals surface area contributed by atoms with E-state index < -0.39 is 6.10 Å². The maximum Gasteiger partial charge on any atom is 0.120 e. The van der Waals surface area contributed by atoms with E-state index >= 15 is 0 Å². The standard InChI is InChI=1S/C20H32N2O2/c1-15(2)24-19-5-3-4-17(12-19)20(23)13-21-18-8-10-22(11-9-18)14-16-6-7-16/h3-5,12,15-16,18,20-21,23H,6-11,13-14H2,1-2H3. The Bertz CT molecular complexity index is 508. The van der Waals surface area contributed by atoms with Gasteiger partial charge in [-0.25, -0.2) is 0 Å². The first-order valence-electron chi connectivity index (χ1n) is 9.50. The van der Waals surface area contributed by atoms with Gasteiger partial charge in [-0.05, 0) is 76.2 Å². The molecule has 0 bridgehead atoms. The predicted molar refractivity (Wildman–Crippen MR) is 97.4 cm³/mol. The summed E-state index contributed by atoms with van der Waals surface area (Å²) in [6.45, 7) is 8.33. The zero-order valence-electron chi connectivity index (χ0n) is 15.1. The Balaban J connectivity index is 1.41. The van der Waals surface area contributed by atoms with Crippen LogP contribution in [0.4, 0.5) is 0 Å². The van der Waals surface area contributed by atoms with Gasteiger partial charge in [-0.2, -0.15) is 0 Å². The zero-order valence-corrected chi connectivity index (χ0v) is 15.1. The number of nitrogens with zero attached hydrogens (tertiary/aromatic N) is 1. The van der Waals surface area contributed by atoms with E-state index in [9.17, 15) is 5.11 Å². The van der Waals surface area contributed by atoms with Gasteiger partial charge in [0, 0.05) is 19.1 Å². The first kappa shape index (κ1) is 17.7. The summed E-state index contributed by atoms with van der Waals surface area (Å²) in [5.41, 5.74) is 0.923. The van der Waals surface area contributed by atoms with Gasteiger partial charge in [-0.3, -0.25) is 0 Å². The van der Waals surface area contributed by atoms with E-state index in [2.05, 4.69) is 10.2 Å². The summed E-state index contributed by atoms with van der Waals surface area (Å²) in [6.07, 6.45) is 4.92. The van der Waals surface area contributed by atoms with Crippen LogP contribution in [0, 0.1) is 5.92 Å². The number of piperidine rings is 1. The highest BCUT2D eigenvalue weighted by Crippen LogP contribution is 2.30. The average molecular weight is 332 g/mol. The first-order valence-corrected chi connectivity index (χ1v) is 9.50. The maximum absolute atomic E-state index is 10.5. The van der Waals surface area contributed by atoms with Gasteiger partial charge in [0.15, 0.2) is 0 Å². The lowest BCUT2D eigenvalue weighted by molar-refractivity contribution is 0.149. The van der Waals surface area contributed by atoms with Crippen molar-refractivity contribution in [3.63, 3.8) is 0 Å². The lowest BCUT2D eigenvalue weighted by Crippen LogP contribution is -2.44. The van der Waals surface area contributed by atoms with Crippen LogP contribution in [0.1, 0.15) is 51.2 Å². The lowest BCUT2D eigenvalue weighted by Gasteiger charge is -2.33.